The molecule has 1 aromatic heterocycles. The second-order valence-corrected chi connectivity index (χ2v) is 3.94. The normalized spacial score (nSPS) is 10.1. The number of hydrogen-bond acceptors (Lipinski definition) is 3. The van der Waals surface area contributed by atoms with Crippen molar-refractivity contribution in [3.63, 3.8) is 0 Å². The molecule has 0 spiro atoms. The van der Waals surface area contributed by atoms with Crippen molar-refractivity contribution >= 4 is 11.4 Å². The molecule has 1 rings (SSSR count). The summed E-state index contributed by atoms with van der Waals surface area (Å²) < 4.78 is 0. The highest BCUT2D eigenvalue weighted by molar-refractivity contribution is 5.63. The molecule has 0 unspecified atom stereocenters. The third kappa shape index (κ3) is 3.26. The van der Waals surface area contributed by atoms with Crippen LogP contribution in [0.1, 0.15) is 32.3 Å². The van der Waals surface area contributed by atoms with Crippen LogP contribution in [0, 0.1) is 0 Å². The molecule has 0 aliphatic heterocycles. The number of rotatable bonds is 6. The van der Waals surface area contributed by atoms with Gasteiger partial charge in [-0.2, -0.15) is 0 Å². The van der Waals surface area contributed by atoms with Crippen molar-refractivity contribution in [2.24, 2.45) is 0 Å². The van der Waals surface area contributed by atoms with Gasteiger partial charge in [-0.25, -0.2) is 0 Å². The Morgan fingerprint density at radius 1 is 1.31 bits per heavy atom. The Balaban J connectivity index is 2.81. The van der Waals surface area contributed by atoms with E-state index in [2.05, 4.69) is 30.3 Å². The molecule has 2 N–H and O–H groups in total. The van der Waals surface area contributed by atoms with Gasteiger partial charge in [0.25, 0.3) is 0 Å². The lowest BCUT2D eigenvalue weighted by atomic mass is 10.2. The van der Waals surface area contributed by atoms with Crippen LogP contribution in [0.3, 0.4) is 0 Å². The average molecular weight is 219 g/mol. The Labute approximate surface area is 98.0 Å². The van der Waals surface area contributed by atoms with Gasteiger partial charge < -0.3 is 10.6 Å². The maximum atomic E-state index is 5.72. The van der Waals surface area contributed by atoms with Gasteiger partial charge in [-0.05, 0) is 18.9 Å². The molecule has 3 heteroatoms. The quantitative estimate of drug-likeness (QED) is 0.800. The summed E-state index contributed by atoms with van der Waals surface area (Å²) in [7, 11) is 0. The molecule has 0 amide bonds. The number of anilines is 1. The molecule has 88 valence electrons. The number of pyridine rings is 1. The fourth-order valence-corrected chi connectivity index (χ4v) is 1.72. The fourth-order valence-electron chi connectivity index (χ4n) is 1.72. The Bertz CT molecular complexity index is 341. The van der Waals surface area contributed by atoms with Gasteiger partial charge in [-0.1, -0.05) is 20.4 Å². The van der Waals surface area contributed by atoms with Crippen LogP contribution in [-0.2, 0) is 0 Å². The highest BCUT2D eigenvalue weighted by atomic mass is 15.1. The van der Waals surface area contributed by atoms with E-state index in [4.69, 9.17) is 5.73 Å². The van der Waals surface area contributed by atoms with E-state index in [1.165, 1.54) is 0 Å². The van der Waals surface area contributed by atoms with E-state index in [0.29, 0.717) is 5.69 Å². The van der Waals surface area contributed by atoms with Gasteiger partial charge in [0.1, 0.15) is 0 Å². The van der Waals surface area contributed by atoms with Gasteiger partial charge >= 0.3 is 0 Å². The zero-order valence-electron chi connectivity index (χ0n) is 10.2. The molecule has 0 fully saturated rings. The molecule has 0 radical (unpaired) electrons. The number of aromatic nitrogens is 1. The molecular weight excluding hydrogens is 198 g/mol. The summed E-state index contributed by atoms with van der Waals surface area (Å²) >= 11 is 0. The molecule has 3 nitrogen and oxygen atoms in total. The Morgan fingerprint density at radius 3 is 2.44 bits per heavy atom. The molecule has 16 heavy (non-hydrogen) atoms. The van der Waals surface area contributed by atoms with Crippen LogP contribution < -0.4 is 5.73 Å². The first-order valence-corrected chi connectivity index (χ1v) is 5.83. The number of nitrogens with zero attached hydrogens (tertiary/aromatic N) is 2. The van der Waals surface area contributed by atoms with E-state index in [-0.39, 0.29) is 0 Å². The van der Waals surface area contributed by atoms with E-state index >= 15 is 0 Å². The third-order valence-electron chi connectivity index (χ3n) is 2.46. The summed E-state index contributed by atoms with van der Waals surface area (Å²) in [5.74, 6) is 0. The monoisotopic (exact) mass is 219 g/mol. The molecule has 1 heterocycles. The van der Waals surface area contributed by atoms with E-state index in [1.54, 1.807) is 6.20 Å². The highest BCUT2D eigenvalue weighted by Crippen LogP contribution is 2.18. The van der Waals surface area contributed by atoms with Gasteiger partial charge in [0.05, 0.1) is 5.69 Å². The van der Waals surface area contributed by atoms with E-state index in [9.17, 15) is 0 Å². The molecule has 1 aromatic rings. The van der Waals surface area contributed by atoms with Crippen molar-refractivity contribution in [2.75, 3.05) is 18.8 Å². The first-order chi connectivity index (χ1) is 7.69. The molecule has 0 aliphatic rings. The summed E-state index contributed by atoms with van der Waals surface area (Å²) in [6, 6.07) is 1.92. The fraction of sp³-hybridized carbons (Fsp3) is 0.462. The van der Waals surface area contributed by atoms with Crippen LogP contribution >= 0.6 is 0 Å². The number of nitrogens with two attached hydrogens (primary N) is 1. The maximum absolute atomic E-state index is 5.72. The van der Waals surface area contributed by atoms with Crippen LogP contribution in [-0.4, -0.2) is 23.0 Å². The van der Waals surface area contributed by atoms with Gasteiger partial charge in [0, 0.05) is 36.7 Å². The zero-order valence-corrected chi connectivity index (χ0v) is 10.2. The molecule has 0 aliphatic carbocycles. The third-order valence-corrected chi connectivity index (χ3v) is 2.46. The Hall–Kier alpha value is -1.51. The minimum Gasteiger partial charge on any atom is -0.397 e. The van der Waals surface area contributed by atoms with Crippen LogP contribution in [0.4, 0.5) is 5.69 Å². The molecule has 0 atom stereocenters. The Kier molecular flexibility index (Phi) is 4.83. The second kappa shape index (κ2) is 6.16. The standard InChI is InChI=1S/C13H21N3/c1-4-6-16(7-5-2)11(3)12-8-13(14)10-15-9-12/h8-10H,3-7,14H2,1-2H3. The minimum absolute atomic E-state index is 0.687. The largest absolute Gasteiger partial charge is 0.397 e. The first kappa shape index (κ1) is 12.6. The lowest BCUT2D eigenvalue weighted by Crippen LogP contribution is -2.23. The van der Waals surface area contributed by atoms with Crippen molar-refractivity contribution in [3.05, 3.63) is 30.6 Å². The molecule has 0 bridgehead atoms. The molecule has 0 saturated carbocycles. The zero-order chi connectivity index (χ0) is 12.0. The SMILES string of the molecule is C=C(c1cncc(N)c1)N(CCC)CCC. The Morgan fingerprint density at radius 2 is 1.94 bits per heavy atom. The van der Waals surface area contributed by atoms with Crippen LogP contribution in [0.15, 0.2) is 25.0 Å². The van der Waals surface area contributed by atoms with Gasteiger partial charge in [-0.3, -0.25) is 4.98 Å². The van der Waals surface area contributed by atoms with Gasteiger partial charge in [0.2, 0.25) is 0 Å². The lowest BCUT2D eigenvalue weighted by molar-refractivity contribution is 0.397. The first-order valence-electron chi connectivity index (χ1n) is 5.83. The topological polar surface area (TPSA) is 42.1 Å². The maximum Gasteiger partial charge on any atom is 0.0507 e. The summed E-state index contributed by atoms with van der Waals surface area (Å²) in [5.41, 5.74) is 8.44. The van der Waals surface area contributed by atoms with Crippen molar-refractivity contribution in [3.8, 4) is 0 Å². The van der Waals surface area contributed by atoms with Crippen LogP contribution in [0.25, 0.3) is 5.70 Å². The second-order valence-electron chi connectivity index (χ2n) is 3.94. The smallest absolute Gasteiger partial charge is 0.0507 e. The lowest BCUT2D eigenvalue weighted by Gasteiger charge is -2.26. The minimum atomic E-state index is 0.687. The average Bonchev–Trinajstić information content (AvgIpc) is 2.28. The summed E-state index contributed by atoms with van der Waals surface area (Å²) in [6.45, 7) is 10.5. The van der Waals surface area contributed by atoms with E-state index < -0.39 is 0 Å². The van der Waals surface area contributed by atoms with E-state index in [1.807, 2.05) is 12.3 Å². The molecule has 0 saturated heterocycles. The predicted octanol–water partition coefficient (Wildman–Crippen LogP) is 2.76. The molecule has 0 aromatic carbocycles. The van der Waals surface area contributed by atoms with Crippen LogP contribution in [0.2, 0.25) is 0 Å². The van der Waals surface area contributed by atoms with Crippen molar-refractivity contribution < 1.29 is 0 Å². The van der Waals surface area contributed by atoms with Gasteiger partial charge in [0.15, 0.2) is 0 Å². The summed E-state index contributed by atoms with van der Waals surface area (Å²) in [4.78, 5) is 6.38. The number of hydrogen-bond donors (Lipinski definition) is 1. The van der Waals surface area contributed by atoms with Crippen molar-refractivity contribution in [1.29, 1.82) is 0 Å². The van der Waals surface area contributed by atoms with E-state index in [0.717, 1.165) is 37.2 Å². The predicted molar refractivity (Wildman–Crippen MR) is 69.8 cm³/mol. The summed E-state index contributed by atoms with van der Waals surface area (Å²) in [5, 5.41) is 0. The number of nitrogen functional groups attached to an aromatic ring is 1. The van der Waals surface area contributed by atoms with Gasteiger partial charge in [-0.15, -0.1) is 0 Å². The van der Waals surface area contributed by atoms with Crippen LogP contribution in [0.5, 0.6) is 0 Å². The van der Waals surface area contributed by atoms with Crippen molar-refractivity contribution in [2.45, 2.75) is 26.7 Å². The van der Waals surface area contributed by atoms with Crippen molar-refractivity contribution in [1.82, 2.24) is 9.88 Å². The molecular formula is C13H21N3. The highest BCUT2D eigenvalue weighted by Gasteiger charge is 2.08. The summed E-state index contributed by atoms with van der Waals surface area (Å²) in [6.07, 6.45) is 5.71.